The number of aromatic nitrogens is 3. The number of nitrogens with zero attached hydrogens (tertiary/aromatic N) is 4. The van der Waals surface area contributed by atoms with E-state index in [1.54, 1.807) is 0 Å². The van der Waals surface area contributed by atoms with Crippen LogP contribution in [0.25, 0.3) is 117 Å². The highest BCUT2D eigenvalue weighted by atomic mass is 15.1. The molecular formula is C86H58N4. The molecule has 0 unspecified atom stereocenters. The number of rotatable bonds is 9. The molecule has 90 heavy (non-hydrogen) atoms. The lowest BCUT2D eigenvalue weighted by Crippen LogP contribution is -2.25. The van der Waals surface area contributed by atoms with Crippen LogP contribution in [-0.4, -0.2) is 14.5 Å². The van der Waals surface area contributed by atoms with Gasteiger partial charge in [-0.05, 0) is 167 Å². The van der Waals surface area contributed by atoms with Crippen molar-refractivity contribution in [2.45, 2.75) is 24.7 Å². The summed E-state index contributed by atoms with van der Waals surface area (Å²) in [6.45, 7) is 4.74. The van der Waals surface area contributed by atoms with Gasteiger partial charge in [0.1, 0.15) is 5.82 Å². The van der Waals surface area contributed by atoms with Gasteiger partial charge in [0.25, 0.3) is 0 Å². The molecule has 1 spiro atoms. The van der Waals surface area contributed by atoms with Crippen molar-refractivity contribution < 1.29 is 0 Å². The summed E-state index contributed by atoms with van der Waals surface area (Å²) in [7, 11) is 0. The normalized spacial score (nSPS) is 13.4. The number of anilines is 3. The largest absolute Gasteiger partial charge is 0.310 e. The summed E-state index contributed by atoms with van der Waals surface area (Å²) in [5.74, 6) is 1.48. The van der Waals surface area contributed by atoms with Gasteiger partial charge in [0, 0.05) is 50.4 Å². The molecule has 0 saturated heterocycles. The van der Waals surface area contributed by atoms with E-state index in [0.29, 0.717) is 5.82 Å². The van der Waals surface area contributed by atoms with E-state index in [1.165, 1.54) is 83.3 Å². The van der Waals surface area contributed by atoms with E-state index < -0.39 is 5.41 Å². The number of hydrogen-bond donors (Lipinski definition) is 0. The predicted octanol–water partition coefficient (Wildman–Crippen LogP) is 22.0. The smallest absolute Gasteiger partial charge is 0.162 e. The Hall–Kier alpha value is -11.5. The zero-order valence-electron chi connectivity index (χ0n) is 49.8. The molecule has 0 aliphatic heterocycles. The summed E-state index contributed by atoms with van der Waals surface area (Å²) in [6, 6.07) is 116. The second-order valence-corrected chi connectivity index (χ2v) is 24.8. The number of fused-ring (bicyclic) bond motifs is 16. The average Bonchev–Trinajstić information content (AvgIpc) is 1.52. The minimum absolute atomic E-state index is 0.232. The molecule has 4 nitrogen and oxygen atoms in total. The van der Waals surface area contributed by atoms with Gasteiger partial charge in [-0.3, -0.25) is 4.57 Å². The molecule has 0 N–H and O–H groups in total. The van der Waals surface area contributed by atoms with Crippen LogP contribution in [0.2, 0.25) is 0 Å². The van der Waals surface area contributed by atoms with E-state index in [-0.39, 0.29) is 5.41 Å². The minimum atomic E-state index is -0.450. The Bertz CT molecular complexity index is 5280. The Balaban J connectivity index is 0.829. The van der Waals surface area contributed by atoms with Crippen molar-refractivity contribution >= 4 is 38.9 Å². The molecule has 13 aromatic carbocycles. The molecule has 0 bridgehead atoms. The first-order chi connectivity index (χ1) is 44.4. The fourth-order valence-corrected chi connectivity index (χ4v) is 15.5. The summed E-state index contributed by atoms with van der Waals surface area (Å²) in [5.41, 5.74) is 30.0. The first-order valence-corrected chi connectivity index (χ1v) is 31.2. The van der Waals surface area contributed by atoms with Crippen molar-refractivity contribution in [3.8, 4) is 95.2 Å². The Morgan fingerprint density at radius 2 is 0.700 bits per heavy atom. The SMILES string of the molecule is CC1(C)c2ccccc2-c2cc3c4cc(-c5cccc(N(c6cccc(-c7ccccc7)c6)c6cccc(-c7ccccc7)c6)c5)ccc4n(-c4cc(-c5ccccc5)nc(-c5ccc6c(c5)-c5ccccc5C65c6ccccc6-c6ccccc65)n4)c3cc21. The highest BCUT2D eigenvalue weighted by Crippen LogP contribution is 2.63. The quantitative estimate of drug-likeness (QED) is 0.144. The predicted molar refractivity (Wildman–Crippen MR) is 372 cm³/mol. The van der Waals surface area contributed by atoms with Crippen LogP contribution in [0.1, 0.15) is 47.2 Å². The van der Waals surface area contributed by atoms with Gasteiger partial charge in [-0.15, -0.1) is 0 Å². The van der Waals surface area contributed by atoms with Crippen LogP contribution in [0.5, 0.6) is 0 Å². The highest BCUT2D eigenvalue weighted by molar-refractivity contribution is 6.13. The summed E-state index contributed by atoms with van der Waals surface area (Å²) in [4.78, 5) is 13.7. The van der Waals surface area contributed by atoms with Crippen molar-refractivity contribution in [3.63, 3.8) is 0 Å². The number of benzene rings is 13. The van der Waals surface area contributed by atoms with E-state index in [0.717, 1.165) is 78.4 Å². The van der Waals surface area contributed by atoms with Crippen molar-refractivity contribution in [2.24, 2.45) is 0 Å². The summed E-state index contributed by atoms with van der Waals surface area (Å²) < 4.78 is 2.41. The van der Waals surface area contributed by atoms with Crippen molar-refractivity contribution in [1.29, 1.82) is 0 Å². The van der Waals surface area contributed by atoms with E-state index in [9.17, 15) is 0 Å². The van der Waals surface area contributed by atoms with Crippen LogP contribution in [0.15, 0.2) is 315 Å². The monoisotopic (exact) mass is 1150 g/mol. The second-order valence-electron chi connectivity index (χ2n) is 24.8. The van der Waals surface area contributed by atoms with Gasteiger partial charge in [-0.1, -0.05) is 257 Å². The first-order valence-electron chi connectivity index (χ1n) is 31.2. The molecule has 3 aliphatic carbocycles. The summed E-state index contributed by atoms with van der Waals surface area (Å²) in [5, 5.41) is 2.32. The van der Waals surface area contributed by atoms with Crippen LogP contribution in [0.3, 0.4) is 0 Å². The van der Waals surface area contributed by atoms with Crippen LogP contribution in [-0.2, 0) is 10.8 Å². The average molecular weight is 1150 g/mol. The van der Waals surface area contributed by atoms with Gasteiger partial charge in [0.2, 0.25) is 0 Å². The van der Waals surface area contributed by atoms with Gasteiger partial charge >= 0.3 is 0 Å². The standard InChI is InChI=1S/C86H58N4/c1-85(2)74-39-16-12-37-68(74)71-52-73-72-50-61(60-31-22-34-65(49-60)89(63-32-20-29-58(47-63)55-23-6-3-7-24-55)64-33-21-30-59(48-64)56-25-8-4-9-26-56)44-46-81(72)90(82(73)53-79(71)85)83-54-80(57-27-10-5-11-28-57)87-84(88-83)62-43-45-78-70(51-62)69-38-15-19-42-77(69)86(78)75-40-17-13-35-66(75)67-36-14-18-41-76(67)86/h3-54H,1-2H3. The fourth-order valence-electron chi connectivity index (χ4n) is 15.5. The van der Waals surface area contributed by atoms with Crippen molar-refractivity contribution in [1.82, 2.24) is 14.5 Å². The van der Waals surface area contributed by atoms with Gasteiger partial charge in [-0.25, -0.2) is 9.97 Å². The molecular weight excluding hydrogens is 1090 g/mol. The van der Waals surface area contributed by atoms with Crippen molar-refractivity contribution in [2.75, 3.05) is 4.90 Å². The van der Waals surface area contributed by atoms with Crippen molar-refractivity contribution in [3.05, 3.63) is 349 Å². The maximum absolute atomic E-state index is 5.75. The highest BCUT2D eigenvalue weighted by Gasteiger charge is 2.51. The third kappa shape index (κ3) is 7.81. The zero-order chi connectivity index (χ0) is 59.7. The van der Waals surface area contributed by atoms with E-state index in [4.69, 9.17) is 9.97 Å². The topological polar surface area (TPSA) is 34.0 Å². The molecule has 15 aromatic rings. The lowest BCUT2D eigenvalue weighted by Gasteiger charge is -2.30. The van der Waals surface area contributed by atoms with Gasteiger partial charge in [-0.2, -0.15) is 0 Å². The molecule has 0 radical (unpaired) electrons. The fraction of sp³-hybridized carbons (Fsp3) is 0.0465. The first kappa shape index (κ1) is 51.7. The Morgan fingerprint density at radius 1 is 0.278 bits per heavy atom. The molecule has 0 amide bonds. The molecule has 422 valence electrons. The van der Waals surface area contributed by atoms with E-state index in [1.807, 2.05) is 0 Å². The third-order valence-corrected chi connectivity index (χ3v) is 19.6. The minimum Gasteiger partial charge on any atom is -0.310 e. The van der Waals surface area contributed by atoms with Crippen LogP contribution < -0.4 is 4.90 Å². The van der Waals surface area contributed by atoms with Gasteiger partial charge in [0.15, 0.2) is 5.82 Å². The Labute approximate surface area is 524 Å². The maximum atomic E-state index is 5.75. The van der Waals surface area contributed by atoms with Gasteiger partial charge < -0.3 is 4.90 Å². The second kappa shape index (κ2) is 20.0. The van der Waals surface area contributed by atoms with E-state index in [2.05, 4.69) is 339 Å². The Morgan fingerprint density at radius 3 is 1.27 bits per heavy atom. The molecule has 2 heterocycles. The Kier molecular flexibility index (Phi) is 11.5. The molecule has 3 aliphatic rings. The molecule has 0 atom stereocenters. The molecule has 2 aromatic heterocycles. The molecule has 0 fully saturated rings. The van der Waals surface area contributed by atoms with Crippen LogP contribution >= 0.6 is 0 Å². The van der Waals surface area contributed by atoms with Gasteiger partial charge in [0.05, 0.1) is 22.1 Å². The lowest BCUT2D eigenvalue weighted by atomic mass is 9.70. The zero-order valence-corrected chi connectivity index (χ0v) is 49.8. The third-order valence-electron chi connectivity index (χ3n) is 19.6. The summed E-state index contributed by atoms with van der Waals surface area (Å²) in [6.07, 6.45) is 0. The maximum Gasteiger partial charge on any atom is 0.162 e. The molecule has 4 heteroatoms. The molecule has 18 rings (SSSR count). The van der Waals surface area contributed by atoms with E-state index >= 15 is 0 Å². The molecule has 0 saturated carbocycles. The lowest BCUT2D eigenvalue weighted by molar-refractivity contribution is 0.661. The number of hydrogen-bond acceptors (Lipinski definition) is 3. The van der Waals surface area contributed by atoms with Crippen LogP contribution in [0, 0.1) is 0 Å². The van der Waals surface area contributed by atoms with Crippen LogP contribution in [0.4, 0.5) is 17.1 Å². The summed E-state index contributed by atoms with van der Waals surface area (Å²) >= 11 is 0.